The fourth-order valence-electron chi connectivity index (χ4n) is 2.68. The molecule has 0 spiro atoms. The van der Waals surface area contributed by atoms with E-state index in [2.05, 4.69) is 39.0 Å². The minimum atomic E-state index is 0.447. The van der Waals surface area contributed by atoms with Crippen molar-refractivity contribution in [3.63, 3.8) is 0 Å². The lowest BCUT2D eigenvalue weighted by molar-refractivity contribution is 0.633. The summed E-state index contributed by atoms with van der Waals surface area (Å²) >= 11 is 0. The predicted molar refractivity (Wildman–Crippen MR) is 78.4 cm³/mol. The Morgan fingerprint density at radius 2 is 2.00 bits per heavy atom. The van der Waals surface area contributed by atoms with E-state index in [9.17, 15) is 0 Å². The molecule has 0 bridgehead atoms. The molecule has 4 nitrogen and oxygen atoms in total. The van der Waals surface area contributed by atoms with E-state index in [1.807, 2.05) is 13.0 Å². The van der Waals surface area contributed by atoms with Crippen molar-refractivity contribution in [3.8, 4) is 0 Å². The summed E-state index contributed by atoms with van der Waals surface area (Å²) in [5.74, 6) is 0.912. The Kier molecular flexibility index (Phi) is 3.60. The van der Waals surface area contributed by atoms with Gasteiger partial charge in [-0.1, -0.05) is 30.7 Å². The SMILES string of the molecule is Cc1nnc(NC2CCCCNC2)c2ccccc12. The topological polar surface area (TPSA) is 49.8 Å². The number of rotatable bonds is 2. The van der Waals surface area contributed by atoms with Gasteiger partial charge < -0.3 is 10.6 Å². The summed E-state index contributed by atoms with van der Waals surface area (Å²) in [6.07, 6.45) is 3.72. The maximum Gasteiger partial charge on any atom is 0.156 e. The van der Waals surface area contributed by atoms with E-state index in [4.69, 9.17) is 0 Å². The summed E-state index contributed by atoms with van der Waals surface area (Å²) in [5.41, 5.74) is 0.986. The number of anilines is 1. The monoisotopic (exact) mass is 256 g/mol. The van der Waals surface area contributed by atoms with Gasteiger partial charge in [0.15, 0.2) is 5.82 Å². The van der Waals surface area contributed by atoms with Gasteiger partial charge in [0, 0.05) is 23.4 Å². The van der Waals surface area contributed by atoms with Crippen molar-refractivity contribution in [1.82, 2.24) is 15.5 Å². The first-order valence-corrected chi connectivity index (χ1v) is 7.04. The third-order valence-electron chi connectivity index (χ3n) is 3.76. The van der Waals surface area contributed by atoms with Crippen LogP contribution in [0.3, 0.4) is 0 Å². The largest absolute Gasteiger partial charge is 0.364 e. The highest BCUT2D eigenvalue weighted by Gasteiger charge is 2.14. The van der Waals surface area contributed by atoms with Gasteiger partial charge in [0.25, 0.3) is 0 Å². The first kappa shape index (κ1) is 12.4. The molecule has 2 heterocycles. The molecule has 4 heteroatoms. The van der Waals surface area contributed by atoms with Gasteiger partial charge in [0.2, 0.25) is 0 Å². The quantitative estimate of drug-likeness (QED) is 0.866. The molecule has 1 aromatic heterocycles. The Bertz CT molecular complexity index is 559. The van der Waals surface area contributed by atoms with Crippen LogP contribution in [-0.2, 0) is 0 Å². The number of fused-ring (bicyclic) bond motifs is 1. The summed E-state index contributed by atoms with van der Waals surface area (Å²) in [6.45, 7) is 4.13. The van der Waals surface area contributed by atoms with Crippen LogP contribution >= 0.6 is 0 Å². The number of benzene rings is 1. The van der Waals surface area contributed by atoms with Crippen LogP contribution in [0.25, 0.3) is 10.8 Å². The molecule has 0 saturated carbocycles. The maximum atomic E-state index is 4.34. The number of aromatic nitrogens is 2. The summed E-state index contributed by atoms with van der Waals surface area (Å²) in [5, 5.41) is 18.0. The lowest BCUT2D eigenvalue weighted by atomic mass is 10.1. The molecule has 19 heavy (non-hydrogen) atoms. The molecule has 1 aromatic carbocycles. The lowest BCUT2D eigenvalue weighted by Crippen LogP contribution is -2.31. The minimum Gasteiger partial charge on any atom is -0.364 e. The molecule has 0 amide bonds. The summed E-state index contributed by atoms with van der Waals surface area (Å²) in [4.78, 5) is 0. The number of aryl methyl sites for hydroxylation is 1. The molecule has 1 aliphatic rings. The highest BCUT2D eigenvalue weighted by Crippen LogP contribution is 2.23. The van der Waals surface area contributed by atoms with Crippen molar-refractivity contribution < 1.29 is 0 Å². The van der Waals surface area contributed by atoms with E-state index in [-0.39, 0.29) is 0 Å². The highest BCUT2D eigenvalue weighted by atomic mass is 15.2. The zero-order valence-corrected chi connectivity index (χ0v) is 11.3. The van der Waals surface area contributed by atoms with E-state index in [1.54, 1.807) is 0 Å². The minimum absolute atomic E-state index is 0.447. The fourth-order valence-corrected chi connectivity index (χ4v) is 2.68. The maximum absolute atomic E-state index is 4.34. The smallest absolute Gasteiger partial charge is 0.156 e. The van der Waals surface area contributed by atoms with E-state index < -0.39 is 0 Å². The molecule has 2 aromatic rings. The molecule has 0 aliphatic carbocycles. The molecular formula is C15H20N4. The lowest BCUT2D eigenvalue weighted by Gasteiger charge is -2.18. The molecule has 1 unspecified atom stereocenters. The Hall–Kier alpha value is -1.68. The third-order valence-corrected chi connectivity index (χ3v) is 3.76. The second-order valence-electron chi connectivity index (χ2n) is 5.22. The Labute approximate surface area is 113 Å². The van der Waals surface area contributed by atoms with Crippen molar-refractivity contribution in [1.29, 1.82) is 0 Å². The van der Waals surface area contributed by atoms with Crippen LogP contribution in [0.15, 0.2) is 24.3 Å². The second kappa shape index (κ2) is 5.53. The zero-order chi connectivity index (χ0) is 13.1. The normalized spacial score (nSPS) is 20.2. The van der Waals surface area contributed by atoms with Crippen LogP contribution in [0.1, 0.15) is 25.0 Å². The Morgan fingerprint density at radius 3 is 2.89 bits per heavy atom. The van der Waals surface area contributed by atoms with Crippen molar-refractivity contribution in [2.45, 2.75) is 32.2 Å². The predicted octanol–water partition coefficient (Wildman–Crippen LogP) is 2.49. The van der Waals surface area contributed by atoms with E-state index in [0.29, 0.717) is 6.04 Å². The number of hydrogen-bond donors (Lipinski definition) is 2. The van der Waals surface area contributed by atoms with Crippen LogP contribution in [0, 0.1) is 6.92 Å². The van der Waals surface area contributed by atoms with Gasteiger partial charge in [-0.25, -0.2) is 0 Å². The van der Waals surface area contributed by atoms with Crippen LogP contribution in [0.4, 0.5) is 5.82 Å². The standard InChI is InChI=1S/C15H20N4/c1-11-13-7-2-3-8-14(13)15(19-18-11)17-12-6-4-5-9-16-10-12/h2-3,7-8,12,16H,4-6,9-10H2,1H3,(H,17,19). The van der Waals surface area contributed by atoms with Crippen LogP contribution in [0.2, 0.25) is 0 Å². The van der Waals surface area contributed by atoms with Crippen molar-refractivity contribution >= 4 is 16.6 Å². The number of nitrogens with one attached hydrogen (secondary N) is 2. The van der Waals surface area contributed by atoms with E-state index in [1.165, 1.54) is 30.0 Å². The molecule has 100 valence electrons. The molecule has 1 atom stereocenters. The Balaban J connectivity index is 1.90. The molecule has 3 rings (SSSR count). The molecule has 1 saturated heterocycles. The molecule has 1 fully saturated rings. The van der Waals surface area contributed by atoms with Gasteiger partial charge in [-0.3, -0.25) is 0 Å². The molecule has 2 N–H and O–H groups in total. The van der Waals surface area contributed by atoms with Crippen LogP contribution in [-0.4, -0.2) is 29.3 Å². The molecule has 0 radical (unpaired) electrons. The van der Waals surface area contributed by atoms with Crippen LogP contribution in [0.5, 0.6) is 0 Å². The average Bonchev–Trinajstić information content (AvgIpc) is 2.71. The summed E-state index contributed by atoms with van der Waals surface area (Å²) < 4.78 is 0. The number of hydrogen-bond acceptors (Lipinski definition) is 4. The molecular weight excluding hydrogens is 236 g/mol. The van der Waals surface area contributed by atoms with Gasteiger partial charge in [0.05, 0.1) is 5.69 Å². The zero-order valence-electron chi connectivity index (χ0n) is 11.3. The summed E-state index contributed by atoms with van der Waals surface area (Å²) in [7, 11) is 0. The van der Waals surface area contributed by atoms with Gasteiger partial charge in [-0.15, -0.1) is 5.10 Å². The molecule has 1 aliphatic heterocycles. The van der Waals surface area contributed by atoms with E-state index in [0.717, 1.165) is 24.6 Å². The van der Waals surface area contributed by atoms with E-state index >= 15 is 0 Å². The average molecular weight is 256 g/mol. The van der Waals surface area contributed by atoms with Gasteiger partial charge in [0.1, 0.15) is 0 Å². The van der Waals surface area contributed by atoms with Gasteiger partial charge in [-0.2, -0.15) is 5.10 Å². The van der Waals surface area contributed by atoms with Crippen molar-refractivity contribution in [2.75, 3.05) is 18.4 Å². The third kappa shape index (κ3) is 2.68. The Morgan fingerprint density at radius 1 is 1.16 bits per heavy atom. The van der Waals surface area contributed by atoms with Gasteiger partial charge in [-0.05, 0) is 26.3 Å². The number of nitrogens with zero attached hydrogens (tertiary/aromatic N) is 2. The van der Waals surface area contributed by atoms with Crippen LogP contribution < -0.4 is 10.6 Å². The van der Waals surface area contributed by atoms with Gasteiger partial charge >= 0.3 is 0 Å². The second-order valence-corrected chi connectivity index (χ2v) is 5.22. The first-order valence-electron chi connectivity index (χ1n) is 7.04. The highest BCUT2D eigenvalue weighted by molar-refractivity contribution is 5.92. The van der Waals surface area contributed by atoms with Crippen molar-refractivity contribution in [2.24, 2.45) is 0 Å². The fraction of sp³-hybridized carbons (Fsp3) is 0.467. The summed E-state index contributed by atoms with van der Waals surface area (Å²) in [6, 6.07) is 8.77. The first-order chi connectivity index (χ1) is 9.34. The van der Waals surface area contributed by atoms with Crippen molar-refractivity contribution in [3.05, 3.63) is 30.0 Å².